The number of carbonyl (C=O) groups excluding carboxylic acids is 1. The van der Waals surface area contributed by atoms with Gasteiger partial charge in [-0.05, 0) is 92.1 Å². The van der Waals surface area contributed by atoms with Crippen molar-refractivity contribution in [1.82, 2.24) is 0 Å². The molecule has 0 aliphatic carbocycles. The molecule has 0 amide bonds. The van der Waals surface area contributed by atoms with Gasteiger partial charge in [0.2, 0.25) is 0 Å². The summed E-state index contributed by atoms with van der Waals surface area (Å²) < 4.78 is 13.3. The Morgan fingerprint density at radius 2 is 1.57 bits per heavy atom. The van der Waals surface area contributed by atoms with E-state index in [4.69, 9.17) is 9.16 Å². The summed E-state index contributed by atoms with van der Waals surface area (Å²) >= 11 is 5.16. The standard InChI is InChI=1S/C24H43BrO3SSi/c1-21(2,3)28-20(26)24(9,18-13-14-19(25)29-18)16-12-15-23(7,8)17-27-30(10,11)22(4,5)6/h13-14H,12,15-17H2,1-11H3. The molecule has 3 nitrogen and oxygen atoms in total. The summed E-state index contributed by atoms with van der Waals surface area (Å²) in [5, 5.41) is 0.213. The van der Waals surface area contributed by atoms with Crippen LogP contribution in [0.5, 0.6) is 0 Å². The van der Waals surface area contributed by atoms with Gasteiger partial charge in [0, 0.05) is 11.5 Å². The Balaban J connectivity index is 2.86. The largest absolute Gasteiger partial charge is 0.459 e. The first kappa shape index (κ1) is 27.9. The van der Waals surface area contributed by atoms with Crippen LogP contribution < -0.4 is 0 Å². The summed E-state index contributed by atoms with van der Waals surface area (Å²) in [6, 6.07) is 4.06. The number of halogens is 1. The van der Waals surface area contributed by atoms with Crippen LogP contribution in [-0.2, 0) is 19.4 Å². The summed E-state index contributed by atoms with van der Waals surface area (Å²) in [6.45, 7) is 24.5. The second-order valence-electron chi connectivity index (χ2n) is 12.0. The van der Waals surface area contributed by atoms with Crippen LogP contribution in [0, 0.1) is 5.41 Å². The minimum absolute atomic E-state index is 0.0698. The molecular weight excluding hydrogens is 476 g/mol. The lowest BCUT2D eigenvalue weighted by Crippen LogP contribution is -2.43. The number of thiophene rings is 1. The predicted octanol–water partition coefficient (Wildman–Crippen LogP) is 8.33. The fourth-order valence-corrected chi connectivity index (χ4v) is 5.65. The molecule has 1 aromatic heterocycles. The average Bonchev–Trinajstić information content (AvgIpc) is 2.97. The highest BCUT2D eigenvalue weighted by atomic mass is 79.9. The highest BCUT2D eigenvalue weighted by molar-refractivity contribution is 9.11. The highest BCUT2D eigenvalue weighted by Crippen LogP contribution is 2.41. The smallest absolute Gasteiger partial charge is 0.317 e. The molecule has 0 N–H and O–H groups in total. The Kier molecular flexibility index (Phi) is 9.06. The summed E-state index contributed by atoms with van der Waals surface area (Å²) in [5.41, 5.74) is -1.07. The molecule has 0 spiro atoms. The van der Waals surface area contributed by atoms with Crippen LogP contribution in [0.2, 0.25) is 18.1 Å². The van der Waals surface area contributed by atoms with Gasteiger partial charge in [-0.25, -0.2) is 0 Å². The normalized spacial score (nSPS) is 15.7. The van der Waals surface area contributed by atoms with E-state index in [1.54, 1.807) is 11.3 Å². The van der Waals surface area contributed by atoms with E-state index in [2.05, 4.69) is 63.6 Å². The van der Waals surface area contributed by atoms with E-state index >= 15 is 0 Å². The van der Waals surface area contributed by atoms with Gasteiger partial charge in [0.25, 0.3) is 0 Å². The van der Waals surface area contributed by atoms with Crippen molar-refractivity contribution >= 4 is 41.6 Å². The van der Waals surface area contributed by atoms with Crippen molar-refractivity contribution < 1.29 is 14.0 Å². The van der Waals surface area contributed by atoms with Crippen molar-refractivity contribution in [2.24, 2.45) is 5.41 Å². The maximum atomic E-state index is 13.2. The van der Waals surface area contributed by atoms with E-state index in [0.717, 1.165) is 34.5 Å². The molecule has 6 heteroatoms. The summed E-state index contributed by atoms with van der Waals surface area (Å²) in [4.78, 5) is 14.2. The van der Waals surface area contributed by atoms with Gasteiger partial charge < -0.3 is 9.16 Å². The molecule has 0 bridgehead atoms. The van der Waals surface area contributed by atoms with Gasteiger partial charge in [0.15, 0.2) is 8.32 Å². The first-order chi connectivity index (χ1) is 13.3. The molecule has 1 rings (SSSR count). The van der Waals surface area contributed by atoms with Crippen LogP contribution in [0.3, 0.4) is 0 Å². The van der Waals surface area contributed by atoms with E-state index in [-0.39, 0.29) is 16.4 Å². The van der Waals surface area contributed by atoms with Gasteiger partial charge in [-0.15, -0.1) is 11.3 Å². The second kappa shape index (κ2) is 9.76. The lowest BCUT2D eigenvalue weighted by atomic mass is 9.79. The van der Waals surface area contributed by atoms with Crippen molar-refractivity contribution in [2.75, 3.05) is 6.61 Å². The maximum Gasteiger partial charge on any atom is 0.317 e. The molecule has 0 radical (unpaired) electrons. The van der Waals surface area contributed by atoms with Gasteiger partial charge >= 0.3 is 5.97 Å². The number of hydrogen-bond acceptors (Lipinski definition) is 4. The number of esters is 1. The molecule has 1 aromatic rings. The van der Waals surface area contributed by atoms with E-state index < -0.39 is 19.3 Å². The number of rotatable bonds is 9. The first-order valence-electron chi connectivity index (χ1n) is 10.9. The van der Waals surface area contributed by atoms with E-state index in [0.29, 0.717) is 0 Å². The van der Waals surface area contributed by atoms with Gasteiger partial charge in [-0.2, -0.15) is 0 Å². The predicted molar refractivity (Wildman–Crippen MR) is 136 cm³/mol. The van der Waals surface area contributed by atoms with Crippen LogP contribution in [0.1, 0.15) is 86.5 Å². The SMILES string of the molecule is CC(C)(CCCC(C)(C(=O)OC(C)(C)C)c1ccc(Br)s1)CO[Si](C)(C)C(C)(C)C. The Labute approximate surface area is 198 Å². The monoisotopic (exact) mass is 518 g/mol. The second-order valence-corrected chi connectivity index (χ2v) is 19.3. The zero-order chi connectivity index (χ0) is 23.6. The summed E-state index contributed by atoms with van der Waals surface area (Å²) in [7, 11) is -1.76. The van der Waals surface area contributed by atoms with Crippen molar-refractivity contribution in [2.45, 2.75) is 111 Å². The Bertz CT molecular complexity index is 713. The van der Waals surface area contributed by atoms with Gasteiger partial charge in [0.1, 0.15) is 5.60 Å². The van der Waals surface area contributed by atoms with E-state index in [9.17, 15) is 4.79 Å². The maximum absolute atomic E-state index is 13.2. The van der Waals surface area contributed by atoms with Gasteiger partial charge in [-0.1, -0.05) is 41.0 Å². The fraction of sp³-hybridized carbons (Fsp3) is 0.792. The fourth-order valence-electron chi connectivity index (χ4n) is 2.91. The lowest BCUT2D eigenvalue weighted by Gasteiger charge is -2.39. The first-order valence-corrected chi connectivity index (χ1v) is 15.4. The molecule has 0 saturated carbocycles. The molecule has 0 fully saturated rings. The molecule has 0 aliphatic heterocycles. The topological polar surface area (TPSA) is 35.5 Å². The third kappa shape index (κ3) is 8.07. The molecule has 1 heterocycles. The van der Waals surface area contributed by atoms with Crippen molar-refractivity contribution in [3.8, 4) is 0 Å². The molecular formula is C24H43BrO3SSi. The lowest BCUT2D eigenvalue weighted by molar-refractivity contribution is -0.161. The third-order valence-corrected chi connectivity index (χ3v) is 12.5. The van der Waals surface area contributed by atoms with Crippen LogP contribution in [0.4, 0.5) is 0 Å². The van der Waals surface area contributed by atoms with Crippen LogP contribution in [0.25, 0.3) is 0 Å². The minimum atomic E-state index is -1.76. The van der Waals surface area contributed by atoms with Crippen molar-refractivity contribution in [3.63, 3.8) is 0 Å². The summed E-state index contributed by atoms with van der Waals surface area (Å²) in [6.07, 6.45) is 2.71. The molecule has 0 saturated heterocycles. The number of ether oxygens (including phenoxy) is 1. The zero-order valence-electron chi connectivity index (χ0n) is 21.0. The minimum Gasteiger partial charge on any atom is -0.459 e. The molecule has 1 unspecified atom stereocenters. The van der Waals surface area contributed by atoms with Gasteiger partial charge in [-0.3, -0.25) is 4.79 Å². The summed E-state index contributed by atoms with van der Waals surface area (Å²) in [5.74, 6) is -0.139. The van der Waals surface area contributed by atoms with Crippen LogP contribution >= 0.6 is 27.3 Å². The highest BCUT2D eigenvalue weighted by Gasteiger charge is 2.41. The van der Waals surface area contributed by atoms with Crippen molar-refractivity contribution in [1.29, 1.82) is 0 Å². The zero-order valence-corrected chi connectivity index (χ0v) is 24.4. The Morgan fingerprint density at radius 3 is 2.00 bits per heavy atom. The number of hydrogen-bond donors (Lipinski definition) is 0. The molecule has 30 heavy (non-hydrogen) atoms. The van der Waals surface area contributed by atoms with E-state index in [1.165, 1.54) is 0 Å². The Morgan fingerprint density at radius 1 is 1.00 bits per heavy atom. The average molecular weight is 520 g/mol. The molecule has 0 aliphatic rings. The third-order valence-electron chi connectivity index (χ3n) is 6.13. The van der Waals surface area contributed by atoms with Crippen molar-refractivity contribution in [3.05, 3.63) is 20.8 Å². The molecule has 0 aromatic carbocycles. The van der Waals surface area contributed by atoms with Gasteiger partial charge in [0.05, 0.1) is 9.20 Å². The molecule has 174 valence electrons. The Hall–Kier alpha value is -0.173. The van der Waals surface area contributed by atoms with Crippen LogP contribution in [0.15, 0.2) is 15.9 Å². The molecule has 1 atom stereocenters. The quantitative estimate of drug-likeness (QED) is 0.243. The number of carbonyl (C=O) groups is 1. The van der Waals surface area contributed by atoms with Crippen LogP contribution in [-0.4, -0.2) is 26.5 Å². The van der Waals surface area contributed by atoms with E-state index in [1.807, 2.05) is 39.8 Å².